The number of carboxylic acid groups (broad SMARTS) is 1. The number of aliphatic carboxylic acids is 1. The molecule has 58 valence electrons. The molecule has 0 aromatic rings. The van der Waals surface area contributed by atoms with Gasteiger partial charge < -0.3 is 10.3 Å². The lowest BCUT2D eigenvalue weighted by Crippen LogP contribution is -2.12. The summed E-state index contributed by atoms with van der Waals surface area (Å²) in [5, 5.41) is 19.1. The van der Waals surface area contributed by atoms with Crippen molar-refractivity contribution < 1.29 is 15.1 Å². The van der Waals surface area contributed by atoms with Crippen molar-refractivity contribution in [1.29, 1.82) is 0 Å². The van der Waals surface area contributed by atoms with Crippen molar-refractivity contribution in [3.8, 4) is 0 Å². The summed E-state index contributed by atoms with van der Waals surface area (Å²) in [7, 11) is 0. The van der Waals surface area contributed by atoms with Gasteiger partial charge in [0, 0.05) is 6.42 Å². The van der Waals surface area contributed by atoms with Crippen molar-refractivity contribution in [3.05, 3.63) is 0 Å². The number of unbranched alkanes of at least 4 members (excludes halogenated alkanes) is 1. The van der Waals surface area contributed by atoms with E-state index in [1.807, 2.05) is 6.92 Å². The van der Waals surface area contributed by atoms with Crippen LogP contribution in [0.1, 0.15) is 26.2 Å². The van der Waals surface area contributed by atoms with Gasteiger partial charge in [0.15, 0.2) is 5.71 Å². The van der Waals surface area contributed by atoms with Gasteiger partial charge in [-0.25, -0.2) is 4.79 Å². The van der Waals surface area contributed by atoms with E-state index in [1.165, 1.54) is 0 Å². The average molecular weight is 145 g/mol. The summed E-state index contributed by atoms with van der Waals surface area (Å²) in [4.78, 5) is 10.1. The summed E-state index contributed by atoms with van der Waals surface area (Å²) in [6.45, 7) is 1.94. The molecule has 0 aromatic carbocycles. The first-order valence-corrected chi connectivity index (χ1v) is 3.16. The molecule has 4 heteroatoms. The summed E-state index contributed by atoms with van der Waals surface area (Å²) >= 11 is 0. The van der Waals surface area contributed by atoms with Crippen molar-refractivity contribution in [3.63, 3.8) is 0 Å². The number of hydrogen-bond acceptors (Lipinski definition) is 3. The Labute approximate surface area is 59.2 Å². The van der Waals surface area contributed by atoms with Gasteiger partial charge in [0.1, 0.15) is 0 Å². The predicted molar refractivity (Wildman–Crippen MR) is 36.4 cm³/mol. The molecule has 4 nitrogen and oxygen atoms in total. The minimum absolute atomic E-state index is 0.165. The molecule has 10 heavy (non-hydrogen) atoms. The highest BCUT2D eigenvalue weighted by Crippen LogP contribution is 1.96. The van der Waals surface area contributed by atoms with E-state index in [0.717, 1.165) is 12.8 Å². The van der Waals surface area contributed by atoms with Crippen molar-refractivity contribution in [1.82, 2.24) is 0 Å². The van der Waals surface area contributed by atoms with Crippen LogP contribution in [0.2, 0.25) is 0 Å². The third-order valence-electron chi connectivity index (χ3n) is 1.13. The van der Waals surface area contributed by atoms with Gasteiger partial charge in [0.25, 0.3) is 0 Å². The summed E-state index contributed by atoms with van der Waals surface area (Å²) in [5.74, 6) is -1.14. The van der Waals surface area contributed by atoms with E-state index in [2.05, 4.69) is 5.16 Å². The lowest BCUT2D eigenvalue weighted by molar-refractivity contribution is -0.129. The lowest BCUT2D eigenvalue weighted by Gasteiger charge is -1.94. The van der Waals surface area contributed by atoms with Gasteiger partial charge in [-0.3, -0.25) is 0 Å². The molecule has 0 bridgehead atoms. The summed E-state index contributed by atoms with van der Waals surface area (Å²) in [6.07, 6.45) is 1.97. The number of nitrogens with zero attached hydrogens (tertiary/aromatic N) is 1. The van der Waals surface area contributed by atoms with Crippen LogP contribution in [0.4, 0.5) is 0 Å². The second kappa shape index (κ2) is 4.78. The second-order valence-electron chi connectivity index (χ2n) is 1.96. The third kappa shape index (κ3) is 3.06. The summed E-state index contributed by atoms with van der Waals surface area (Å²) < 4.78 is 0. The molecule has 0 saturated heterocycles. The highest BCUT2D eigenvalue weighted by atomic mass is 16.4. The van der Waals surface area contributed by atoms with Gasteiger partial charge in [-0.15, -0.1) is 0 Å². The van der Waals surface area contributed by atoms with Gasteiger partial charge in [0.2, 0.25) is 0 Å². The number of hydrogen-bond donors (Lipinski definition) is 2. The van der Waals surface area contributed by atoms with E-state index in [9.17, 15) is 4.79 Å². The Morgan fingerprint density at radius 2 is 2.20 bits per heavy atom. The molecule has 0 aromatic heterocycles. The molecule has 0 heterocycles. The molecule has 0 radical (unpaired) electrons. The fraction of sp³-hybridized carbons (Fsp3) is 0.667. The van der Waals surface area contributed by atoms with Crippen molar-refractivity contribution in [2.24, 2.45) is 5.16 Å². The molecule has 0 spiro atoms. The van der Waals surface area contributed by atoms with E-state index in [1.54, 1.807) is 0 Å². The Bertz CT molecular complexity index is 142. The number of carboxylic acids is 1. The molecule has 0 amide bonds. The molecule has 0 saturated carbocycles. The molecular formula is C6H11NO3. The van der Waals surface area contributed by atoms with Crippen LogP contribution < -0.4 is 0 Å². The molecule has 0 unspecified atom stereocenters. The zero-order chi connectivity index (χ0) is 7.98. The molecule has 0 aliphatic carbocycles. The first-order chi connectivity index (χ1) is 4.72. The minimum Gasteiger partial charge on any atom is -0.477 e. The number of oxime groups is 1. The molecular weight excluding hydrogens is 134 g/mol. The standard InChI is InChI=1S/C6H11NO3/c1-2-3-4-5(7-10)6(8)9/h10H,2-4H2,1H3,(H,8,9)/b7-5+. The van der Waals surface area contributed by atoms with E-state index in [4.69, 9.17) is 10.3 Å². The minimum atomic E-state index is -1.14. The second-order valence-corrected chi connectivity index (χ2v) is 1.96. The van der Waals surface area contributed by atoms with Crippen LogP contribution in [0.15, 0.2) is 5.16 Å². The van der Waals surface area contributed by atoms with Gasteiger partial charge >= 0.3 is 5.97 Å². The SMILES string of the molecule is CCCC/C(=N\O)C(=O)O. The Balaban J connectivity index is 3.74. The maximum atomic E-state index is 10.1. The van der Waals surface area contributed by atoms with Crippen molar-refractivity contribution >= 4 is 11.7 Å². The molecule has 0 aliphatic heterocycles. The maximum Gasteiger partial charge on any atom is 0.353 e. The van der Waals surface area contributed by atoms with Crippen LogP contribution in [0.5, 0.6) is 0 Å². The van der Waals surface area contributed by atoms with Crippen LogP contribution in [-0.2, 0) is 4.79 Å². The largest absolute Gasteiger partial charge is 0.477 e. The highest BCUT2D eigenvalue weighted by Gasteiger charge is 2.07. The maximum absolute atomic E-state index is 10.1. The first kappa shape index (κ1) is 8.94. The fourth-order valence-electron chi connectivity index (χ4n) is 0.544. The van der Waals surface area contributed by atoms with E-state index < -0.39 is 5.97 Å². The van der Waals surface area contributed by atoms with E-state index in [0.29, 0.717) is 6.42 Å². The Hall–Kier alpha value is -1.06. The zero-order valence-electron chi connectivity index (χ0n) is 5.87. The molecule has 0 aliphatic rings. The van der Waals surface area contributed by atoms with Gasteiger partial charge in [0.05, 0.1) is 0 Å². The zero-order valence-corrected chi connectivity index (χ0v) is 5.87. The van der Waals surface area contributed by atoms with E-state index in [-0.39, 0.29) is 5.71 Å². The van der Waals surface area contributed by atoms with Crippen LogP contribution >= 0.6 is 0 Å². The highest BCUT2D eigenvalue weighted by molar-refractivity contribution is 6.35. The van der Waals surface area contributed by atoms with Gasteiger partial charge in [-0.1, -0.05) is 18.5 Å². The van der Waals surface area contributed by atoms with Crippen LogP contribution in [0.25, 0.3) is 0 Å². The Kier molecular flexibility index (Phi) is 4.28. The quantitative estimate of drug-likeness (QED) is 0.353. The number of rotatable bonds is 4. The smallest absolute Gasteiger partial charge is 0.353 e. The summed E-state index contributed by atoms with van der Waals surface area (Å²) in [6, 6.07) is 0. The predicted octanol–water partition coefficient (Wildman–Crippen LogP) is 1.09. The van der Waals surface area contributed by atoms with Crippen molar-refractivity contribution in [2.45, 2.75) is 26.2 Å². The monoisotopic (exact) mass is 145 g/mol. The Morgan fingerprint density at radius 3 is 2.50 bits per heavy atom. The average Bonchev–Trinajstić information content (AvgIpc) is 1.89. The molecule has 0 atom stereocenters. The summed E-state index contributed by atoms with van der Waals surface area (Å²) in [5.41, 5.74) is -0.165. The van der Waals surface area contributed by atoms with Crippen LogP contribution in [0, 0.1) is 0 Å². The fourth-order valence-corrected chi connectivity index (χ4v) is 0.544. The van der Waals surface area contributed by atoms with Gasteiger partial charge in [-0.2, -0.15) is 0 Å². The molecule has 0 fully saturated rings. The Morgan fingerprint density at radius 1 is 1.60 bits per heavy atom. The lowest BCUT2D eigenvalue weighted by atomic mass is 10.2. The topological polar surface area (TPSA) is 69.9 Å². The molecule has 2 N–H and O–H groups in total. The number of carbonyl (C=O) groups is 1. The van der Waals surface area contributed by atoms with Crippen LogP contribution in [-0.4, -0.2) is 22.0 Å². The van der Waals surface area contributed by atoms with Crippen molar-refractivity contribution in [2.75, 3.05) is 0 Å². The normalized spacial score (nSPS) is 11.5. The molecule has 0 rings (SSSR count). The van der Waals surface area contributed by atoms with Gasteiger partial charge in [-0.05, 0) is 6.42 Å². The first-order valence-electron chi connectivity index (χ1n) is 3.16. The van der Waals surface area contributed by atoms with E-state index >= 15 is 0 Å². The van der Waals surface area contributed by atoms with Crippen LogP contribution in [0.3, 0.4) is 0 Å². The third-order valence-corrected chi connectivity index (χ3v) is 1.13.